The van der Waals surface area contributed by atoms with Crippen LogP contribution in [-0.4, -0.2) is 40.1 Å². The molecule has 2 aromatic rings. The minimum atomic E-state index is -0.0525. The lowest BCUT2D eigenvalue weighted by atomic mass is 9.89. The summed E-state index contributed by atoms with van der Waals surface area (Å²) in [5.74, 6) is 0. The molecule has 6 nitrogen and oxygen atoms in total. The highest BCUT2D eigenvalue weighted by atomic mass is 16.2. The first-order chi connectivity index (χ1) is 12.6. The predicted octanol–water partition coefficient (Wildman–Crippen LogP) is 3.26. The van der Waals surface area contributed by atoms with Gasteiger partial charge in [-0.25, -0.2) is 9.59 Å². The van der Waals surface area contributed by atoms with Crippen LogP contribution in [-0.2, 0) is 0 Å². The van der Waals surface area contributed by atoms with Gasteiger partial charge in [0.1, 0.15) is 0 Å². The van der Waals surface area contributed by atoms with Gasteiger partial charge in [0, 0.05) is 25.7 Å². The molecule has 0 spiro atoms. The fraction of sp³-hybridized carbons (Fsp3) is 0.600. The number of piperidine rings is 1. The third kappa shape index (κ3) is 3.24. The van der Waals surface area contributed by atoms with Gasteiger partial charge in [0.2, 0.25) is 0 Å². The summed E-state index contributed by atoms with van der Waals surface area (Å²) < 4.78 is 1.87. The molecule has 1 aromatic carbocycles. The number of urea groups is 1. The summed E-state index contributed by atoms with van der Waals surface area (Å²) in [5, 5.41) is 3.14. The fourth-order valence-electron chi connectivity index (χ4n) is 4.57. The average Bonchev–Trinajstić information content (AvgIpc) is 3.23. The smallest absolute Gasteiger partial charge is 0.326 e. The van der Waals surface area contributed by atoms with Crippen molar-refractivity contribution in [3.8, 4) is 0 Å². The van der Waals surface area contributed by atoms with Crippen LogP contribution in [0.1, 0.15) is 51.5 Å². The van der Waals surface area contributed by atoms with Crippen molar-refractivity contribution in [1.29, 1.82) is 0 Å². The Kier molecular flexibility index (Phi) is 4.51. The van der Waals surface area contributed by atoms with E-state index in [1.54, 1.807) is 0 Å². The molecule has 2 aliphatic rings. The number of benzene rings is 1. The van der Waals surface area contributed by atoms with Gasteiger partial charge >= 0.3 is 11.7 Å². The molecule has 1 saturated heterocycles. The highest BCUT2D eigenvalue weighted by Gasteiger charge is 2.31. The van der Waals surface area contributed by atoms with Gasteiger partial charge in [0.25, 0.3) is 0 Å². The van der Waals surface area contributed by atoms with Gasteiger partial charge in [0.05, 0.1) is 11.0 Å². The molecule has 1 saturated carbocycles. The highest BCUT2D eigenvalue weighted by Crippen LogP contribution is 2.36. The number of H-pyrrole nitrogens is 1. The van der Waals surface area contributed by atoms with Gasteiger partial charge in [0.15, 0.2) is 0 Å². The summed E-state index contributed by atoms with van der Waals surface area (Å²) in [6.45, 7) is 4.43. The monoisotopic (exact) mass is 356 g/mol. The maximum absolute atomic E-state index is 12.5. The van der Waals surface area contributed by atoms with Crippen molar-refractivity contribution in [3.05, 3.63) is 34.7 Å². The summed E-state index contributed by atoms with van der Waals surface area (Å²) in [5.41, 5.74) is 2.05. The molecule has 1 aromatic heterocycles. The third-order valence-electron chi connectivity index (χ3n) is 6.22. The minimum Gasteiger partial charge on any atom is -0.337 e. The number of hydrogen-bond acceptors (Lipinski definition) is 2. The van der Waals surface area contributed by atoms with Crippen molar-refractivity contribution in [3.63, 3.8) is 0 Å². The summed E-state index contributed by atoms with van der Waals surface area (Å²) >= 11 is 0. The Balaban J connectivity index is 1.37. The average molecular weight is 356 g/mol. The molecule has 26 heavy (non-hydrogen) atoms. The maximum atomic E-state index is 12.5. The number of aromatic nitrogens is 2. The lowest BCUT2D eigenvalue weighted by molar-refractivity contribution is 0.166. The Hall–Kier alpha value is -2.24. The second-order valence-electron chi connectivity index (χ2n) is 8.21. The number of rotatable bonds is 3. The van der Waals surface area contributed by atoms with Crippen LogP contribution < -0.4 is 11.0 Å². The third-order valence-corrected chi connectivity index (χ3v) is 6.22. The molecule has 4 rings (SSSR count). The van der Waals surface area contributed by atoms with Gasteiger partial charge < -0.3 is 15.2 Å². The SMILES string of the molecule is CC1(CNC(=O)N2CCC(n3c(=O)[nH]c4ccccc43)CC2)CCCC1. The van der Waals surface area contributed by atoms with Gasteiger partial charge in [-0.05, 0) is 43.2 Å². The molecular formula is C20H28N4O2. The normalized spacial score (nSPS) is 20.6. The number of likely N-dealkylation sites (tertiary alicyclic amines) is 1. The van der Waals surface area contributed by atoms with E-state index in [0.717, 1.165) is 30.4 Å². The first-order valence-electron chi connectivity index (χ1n) is 9.78. The number of imidazole rings is 1. The highest BCUT2D eigenvalue weighted by molar-refractivity contribution is 5.75. The molecule has 1 aliphatic heterocycles. The summed E-state index contributed by atoms with van der Waals surface area (Å²) in [6, 6.07) is 7.99. The van der Waals surface area contributed by atoms with Gasteiger partial charge in [-0.2, -0.15) is 0 Å². The van der Waals surface area contributed by atoms with E-state index in [2.05, 4.69) is 17.2 Å². The van der Waals surface area contributed by atoms with E-state index in [9.17, 15) is 9.59 Å². The first-order valence-corrected chi connectivity index (χ1v) is 9.78. The zero-order valence-electron chi connectivity index (χ0n) is 15.5. The van der Waals surface area contributed by atoms with E-state index in [1.807, 2.05) is 33.7 Å². The standard InChI is InChI=1S/C20H28N4O2/c1-20(10-4-5-11-20)14-21-18(25)23-12-8-15(9-13-23)24-17-7-3-2-6-16(17)22-19(24)26/h2-3,6-7,15H,4-5,8-14H2,1H3,(H,21,25)(H,22,26). The summed E-state index contributed by atoms with van der Waals surface area (Å²) in [7, 11) is 0. The van der Waals surface area contributed by atoms with E-state index in [4.69, 9.17) is 0 Å². The van der Waals surface area contributed by atoms with Gasteiger partial charge in [-0.15, -0.1) is 0 Å². The number of nitrogens with one attached hydrogen (secondary N) is 2. The number of fused-ring (bicyclic) bond motifs is 1. The zero-order chi connectivity index (χ0) is 18.1. The molecule has 0 unspecified atom stereocenters. The van der Waals surface area contributed by atoms with Crippen LogP contribution in [0.5, 0.6) is 0 Å². The van der Waals surface area contributed by atoms with E-state index in [1.165, 1.54) is 25.7 Å². The van der Waals surface area contributed by atoms with Crippen molar-refractivity contribution in [2.24, 2.45) is 5.41 Å². The number of carbonyl (C=O) groups is 1. The second-order valence-corrected chi connectivity index (χ2v) is 8.21. The molecule has 140 valence electrons. The van der Waals surface area contributed by atoms with Crippen LogP contribution in [0.3, 0.4) is 0 Å². The Morgan fingerprint density at radius 3 is 2.65 bits per heavy atom. The molecule has 2 N–H and O–H groups in total. The Morgan fingerprint density at radius 1 is 1.23 bits per heavy atom. The lowest BCUT2D eigenvalue weighted by Crippen LogP contribution is -2.47. The van der Waals surface area contributed by atoms with Crippen molar-refractivity contribution in [1.82, 2.24) is 19.8 Å². The topological polar surface area (TPSA) is 70.1 Å². The summed E-state index contributed by atoms with van der Waals surface area (Å²) in [6.07, 6.45) is 6.59. The molecular weight excluding hydrogens is 328 g/mol. The number of amides is 2. The molecule has 6 heteroatoms. The number of para-hydroxylation sites is 2. The van der Waals surface area contributed by atoms with E-state index < -0.39 is 0 Å². The van der Waals surface area contributed by atoms with Crippen LogP contribution in [0.4, 0.5) is 4.79 Å². The van der Waals surface area contributed by atoms with Gasteiger partial charge in [-0.1, -0.05) is 31.9 Å². The molecule has 2 amide bonds. The lowest BCUT2D eigenvalue weighted by Gasteiger charge is -2.33. The number of aromatic amines is 1. The molecule has 2 fully saturated rings. The molecule has 0 bridgehead atoms. The van der Waals surface area contributed by atoms with Gasteiger partial charge in [-0.3, -0.25) is 4.57 Å². The molecule has 2 heterocycles. The van der Waals surface area contributed by atoms with Crippen LogP contribution in [0.15, 0.2) is 29.1 Å². The Labute approximate surface area is 153 Å². The van der Waals surface area contributed by atoms with Crippen LogP contribution in [0.25, 0.3) is 11.0 Å². The van der Waals surface area contributed by atoms with E-state index in [-0.39, 0.29) is 23.2 Å². The maximum Gasteiger partial charge on any atom is 0.326 e. The second kappa shape index (κ2) is 6.82. The largest absolute Gasteiger partial charge is 0.337 e. The molecule has 1 aliphatic carbocycles. The Bertz CT molecular complexity index is 839. The van der Waals surface area contributed by atoms with E-state index in [0.29, 0.717) is 13.1 Å². The van der Waals surface area contributed by atoms with Crippen molar-refractivity contribution in [2.75, 3.05) is 19.6 Å². The van der Waals surface area contributed by atoms with Crippen LogP contribution >= 0.6 is 0 Å². The molecule has 0 radical (unpaired) electrons. The van der Waals surface area contributed by atoms with Crippen molar-refractivity contribution >= 4 is 17.1 Å². The first kappa shape index (κ1) is 17.2. The predicted molar refractivity (Wildman–Crippen MR) is 102 cm³/mol. The quantitative estimate of drug-likeness (QED) is 0.886. The number of carbonyl (C=O) groups excluding carboxylic acids is 1. The number of hydrogen-bond donors (Lipinski definition) is 2. The summed E-state index contributed by atoms with van der Waals surface area (Å²) in [4.78, 5) is 29.7. The van der Waals surface area contributed by atoms with E-state index >= 15 is 0 Å². The van der Waals surface area contributed by atoms with Crippen molar-refractivity contribution < 1.29 is 4.79 Å². The van der Waals surface area contributed by atoms with Crippen LogP contribution in [0, 0.1) is 5.41 Å². The van der Waals surface area contributed by atoms with Crippen LogP contribution in [0.2, 0.25) is 0 Å². The minimum absolute atomic E-state index is 0.0443. The molecule has 0 atom stereocenters. The fourth-order valence-corrected chi connectivity index (χ4v) is 4.57. The zero-order valence-corrected chi connectivity index (χ0v) is 15.5. The van der Waals surface area contributed by atoms with Crippen molar-refractivity contribution in [2.45, 2.75) is 51.5 Å². The Morgan fingerprint density at radius 2 is 1.92 bits per heavy atom. The number of nitrogens with zero attached hydrogens (tertiary/aromatic N) is 2.